The topological polar surface area (TPSA) is 81.2 Å². The molecule has 0 aliphatic rings. The number of fused-ring (bicyclic) bond motifs is 1. The summed E-state index contributed by atoms with van der Waals surface area (Å²) in [6.45, 7) is 1.69. The molecule has 0 saturated carbocycles. The number of amides is 1. The summed E-state index contributed by atoms with van der Waals surface area (Å²) in [5, 5.41) is 3.37. The predicted octanol–water partition coefficient (Wildman–Crippen LogP) is 3.10. The number of carbonyl (C=O) groups is 2. The van der Waals surface area contributed by atoms with E-state index in [9.17, 15) is 9.59 Å². The minimum absolute atomic E-state index is 0.341. The summed E-state index contributed by atoms with van der Waals surface area (Å²) < 4.78 is 5.61. The molecule has 8 heteroatoms. The summed E-state index contributed by atoms with van der Waals surface area (Å²) in [6, 6.07) is 7.53. The predicted molar refractivity (Wildman–Crippen MR) is 85.8 cm³/mol. The molecule has 0 fully saturated rings. The second-order valence-corrected chi connectivity index (χ2v) is 6.40. The Balaban J connectivity index is 1.83. The van der Waals surface area contributed by atoms with Crippen LogP contribution in [-0.4, -0.2) is 29.0 Å². The minimum Gasteiger partial charge on any atom is -0.465 e. The third kappa shape index (κ3) is 2.70. The minimum atomic E-state index is -0.463. The average molecular weight is 333 g/mol. The molecule has 0 aliphatic heterocycles. The summed E-state index contributed by atoms with van der Waals surface area (Å²) >= 11 is 2.39. The molecule has 1 N–H and O–H groups in total. The molecule has 3 aromatic rings. The van der Waals surface area contributed by atoms with E-state index in [1.54, 1.807) is 6.92 Å². The van der Waals surface area contributed by atoms with Crippen molar-refractivity contribution in [1.29, 1.82) is 0 Å². The van der Waals surface area contributed by atoms with Crippen LogP contribution < -0.4 is 5.32 Å². The first-order valence-corrected chi connectivity index (χ1v) is 7.94. The lowest BCUT2D eigenvalue weighted by Gasteiger charge is -1.96. The number of hydrogen-bond donors (Lipinski definition) is 1. The van der Waals surface area contributed by atoms with Gasteiger partial charge in [0.2, 0.25) is 0 Å². The van der Waals surface area contributed by atoms with Crippen molar-refractivity contribution in [3.63, 3.8) is 0 Å². The normalized spacial score (nSPS) is 10.6. The molecule has 0 bridgehead atoms. The van der Waals surface area contributed by atoms with Crippen molar-refractivity contribution in [3.05, 3.63) is 39.8 Å². The van der Waals surface area contributed by atoms with Crippen LogP contribution in [0.2, 0.25) is 0 Å². The van der Waals surface area contributed by atoms with Gasteiger partial charge in [-0.3, -0.25) is 10.1 Å². The van der Waals surface area contributed by atoms with Crippen molar-refractivity contribution < 1.29 is 14.3 Å². The second kappa shape index (κ2) is 5.82. The van der Waals surface area contributed by atoms with Gasteiger partial charge in [0.25, 0.3) is 5.91 Å². The summed E-state index contributed by atoms with van der Waals surface area (Å²) in [7, 11) is 1.31. The zero-order chi connectivity index (χ0) is 15.7. The van der Waals surface area contributed by atoms with Gasteiger partial charge >= 0.3 is 5.97 Å². The fourth-order valence-electron chi connectivity index (χ4n) is 1.85. The standard InChI is InChI=1S/C14H11N3O3S2/c1-7-10(13(19)20-2)22-14(15-7)17-11(18)12-16-8-5-3-4-6-9(8)21-12/h3-6H,1-2H3,(H,15,17,18). The molecule has 112 valence electrons. The highest BCUT2D eigenvalue weighted by molar-refractivity contribution is 7.20. The highest BCUT2D eigenvalue weighted by atomic mass is 32.1. The fraction of sp³-hybridized carbons (Fsp3) is 0.143. The zero-order valence-electron chi connectivity index (χ0n) is 11.7. The Bertz CT molecular complexity index is 836. The number of ether oxygens (including phenoxy) is 1. The van der Waals surface area contributed by atoms with Gasteiger partial charge < -0.3 is 4.74 Å². The summed E-state index contributed by atoms with van der Waals surface area (Å²) in [5.41, 5.74) is 1.31. The smallest absolute Gasteiger partial charge is 0.350 e. The molecular formula is C14H11N3O3S2. The fourth-order valence-corrected chi connectivity index (χ4v) is 3.59. The highest BCUT2D eigenvalue weighted by Crippen LogP contribution is 2.26. The van der Waals surface area contributed by atoms with Crippen molar-refractivity contribution in [2.45, 2.75) is 6.92 Å². The molecule has 0 unspecified atom stereocenters. The van der Waals surface area contributed by atoms with Gasteiger partial charge in [0.15, 0.2) is 10.1 Å². The third-order valence-corrected chi connectivity index (χ3v) is 4.96. The second-order valence-electron chi connectivity index (χ2n) is 4.37. The van der Waals surface area contributed by atoms with Crippen LogP contribution in [0.25, 0.3) is 10.2 Å². The first-order valence-electron chi connectivity index (χ1n) is 6.31. The Kier molecular flexibility index (Phi) is 3.86. The van der Waals surface area contributed by atoms with Gasteiger partial charge in [0.1, 0.15) is 4.88 Å². The highest BCUT2D eigenvalue weighted by Gasteiger charge is 2.19. The van der Waals surface area contributed by atoms with E-state index < -0.39 is 5.97 Å². The quantitative estimate of drug-likeness (QED) is 0.745. The Morgan fingerprint density at radius 1 is 1.18 bits per heavy atom. The molecule has 0 saturated heterocycles. The number of anilines is 1. The Labute approximate surface area is 133 Å². The lowest BCUT2D eigenvalue weighted by molar-refractivity contribution is 0.0605. The molecule has 6 nitrogen and oxygen atoms in total. The molecule has 2 heterocycles. The van der Waals surface area contributed by atoms with Crippen LogP contribution >= 0.6 is 22.7 Å². The molecule has 0 radical (unpaired) electrons. The van der Waals surface area contributed by atoms with Crippen LogP contribution in [0.5, 0.6) is 0 Å². The van der Waals surface area contributed by atoms with Gasteiger partial charge in [-0.2, -0.15) is 0 Å². The van der Waals surface area contributed by atoms with Gasteiger partial charge in [-0.1, -0.05) is 23.5 Å². The van der Waals surface area contributed by atoms with Gasteiger partial charge in [-0.25, -0.2) is 14.8 Å². The molecule has 22 heavy (non-hydrogen) atoms. The van der Waals surface area contributed by atoms with Crippen molar-refractivity contribution in [2.24, 2.45) is 0 Å². The van der Waals surface area contributed by atoms with E-state index in [2.05, 4.69) is 20.0 Å². The number of aryl methyl sites for hydroxylation is 1. The van der Waals surface area contributed by atoms with Crippen molar-refractivity contribution in [1.82, 2.24) is 9.97 Å². The molecule has 2 aromatic heterocycles. The number of nitrogens with zero attached hydrogens (tertiary/aromatic N) is 2. The lowest BCUT2D eigenvalue weighted by atomic mass is 10.3. The maximum absolute atomic E-state index is 12.2. The number of hydrogen-bond acceptors (Lipinski definition) is 7. The SMILES string of the molecule is COC(=O)c1sc(NC(=O)c2nc3ccccc3s2)nc1C. The van der Waals surface area contributed by atoms with Crippen LogP contribution in [0.15, 0.2) is 24.3 Å². The van der Waals surface area contributed by atoms with Crippen molar-refractivity contribution >= 4 is 49.9 Å². The molecule has 0 spiro atoms. The zero-order valence-corrected chi connectivity index (χ0v) is 13.4. The summed E-state index contributed by atoms with van der Waals surface area (Å²) in [4.78, 5) is 32.6. The maximum atomic E-state index is 12.2. The van der Waals surface area contributed by atoms with E-state index in [1.165, 1.54) is 18.4 Å². The number of aromatic nitrogens is 2. The maximum Gasteiger partial charge on any atom is 0.350 e. The molecule has 1 aromatic carbocycles. The van der Waals surface area contributed by atoms with Gasteiger partial charge in [0.05, 0.1) is 23.0 Å². The first-order chi connectivity index (χ1) is 10.6. The number of rotatable bonds is 3. The Hall–Kier alpha value is -2.32. The lowest BCUT2D eigenvalue weighted by Crippen LogP contribution is -2.11. The van der Waals surface area contributed by atoms with E-state index in [0.717, 1.165) is 21.6 Å². The number of benzene rings is 1. The summed E-state index contributed by atoms with van der Waals surface area (Å²) in [5.74, 6) is -0.804. The van der Waals surface area contributed by atoms with Crippen LogP contribution in [0.3, 0.4) is 0 Å². The number of nitrogens with one attached hydrogen (secondary N) is 1. The number of methoxy groups -OCH3 is 1. The molecule has 3 rings (SSSR count). The van der Waals surface area contributed by atoms with E-state index in [-0.39, 0.29) is 5.91 Å². The number of thiazole rings is 2. The van der Waals surface area contributed by atoms with E-state index in [0.29, 0.717) is 20.7 Å². The monoisotopic (exact) mass is 333 g/mol. The van der Waals surface area contributed by atoms with Crippen LogP contribution in [0.1, 0.15) is 25.2 Å². The number of para-hydroxylation sites is 1. The largest absolute Gasteiger partial charge is 0.465 e. The van der Waals surface area contributed by atoms with Crippen LogP contribution in [-0.2, 0) is 4.74 Å². The van der Waals surface area contributed by atoms with Crippen molar-refractivity contribution in [3.8, 4) is 0 Å². The number of esters is 1. The van der Waals surface area contributed by atoms with Gasteiger partial charge in [0, 0.05) is 0 Å². The Morgan fingerprint density at radius 2 is 1.95 bits per heavy atom. The van der Waals surface area contributed by atoms with E-state index >= 15 is 0 Å². The van der Waals surface area contributed by atoms with Crippen LogP contribution in [0, 0.1) is 6.92 Å². The number of carbonyl (C=O) groups excluding carboxylic acids is 2. The molecule has 0 aliphatic carbocycles. The Morgan fingerprint density at radius 3 is 2.68 bits per heavy atom. The molecular weight excluding hydrogens is 322 g/mol. The van der Waals surface area contributed by atoms with Crippen LogP contribution in [0.4, 0.5) is 5.13 Å². The third-order valence-electron chi connectivity index (χ3n) is 2.88. The first kappa shape index (κ1) is 14.6. The molecule has 1 amide bonds. The molecule has 0 atom stereocenters. The van der Waals surface area contributed by atoms with E-state index in [4.69, 9.17) is 0 Å². The average Bonchev–Trinajstić information content (AvgIpc) is 3.09. The van der Waals surface area contributed by atoms with E-state index in [1.807, 2.05) is 24.3 Å². The van der Waals surface area contributed by atoms with Gasteiger partial charge in [-0.05, 0) is 19.1 Å². The summed E-state index contributed by atoms with van der Waals surface area (Å²) in [6.07, 6.45) is 0. The van der Waals surface area contributed by atoms with Crippen molar-refractivity contribution in [2.75, 3.05) is 12.4 Å². The van der Waals surface area contributed by atoms with Gasteiger partial charge in [-0.15, -0.1) is 11.3 Å².